The van der Waals surface area contributed by atoms with Crippen LogP contribution in [0.15, 0.2) is 54.2 Å². The predicted octanol–water partition coefficient (Wildman–Crippen LogP) is 9.44. The third kappa shape index (κ3) is 6.08. The molecule has 0 aromatic heterocycles. The zero-order valence-corrected chi connectivity index (χ0v) is 25.7. The van der Waals surface area contributed by atoms with E-state index in [9.17, 15) is 0 Å². The third-order valence-electron chi connectivity index (χ3n) is 10.8. The highest BCUT2D eigenvalue weighted by Crippen LogP contribution is 2.67. The average molecular weight is 529 g/mol. The van der Waals surface area contributed by atoms with Gasteiger partial charge in [0, 0.05) is 12.6 Å². The molecule has 3 fully saturated rings. The summed E-state index contributed by atoms with van der Waals surface area (Å²) >= 11 is 0. The molecular formula is C37H56N2. The van der Waals surface area contributed by atoms with Crippen molar-refractivity contribution in [3.63, 3.8) is 0 Å². The molecule has 3 N–H and O–H groups in total. The van der Waals surface area contributed by atoms with Crippen LogP contribution in [0.1, 0.15) is 121 Å². The molecule has 0 radical (unpaired) electrons. The number of nitrogens with one attached hydrogen (secondary N) is 1. The number of allylic oxidation sites excluding steroid dienone is 5. The maximum atomic E-state index is 5.47. The van der Waals surface area contributed by atoms with Crippen molar-refractivity contribution in [3.05, 3.63) is 70.8 Å². The quantitative estimate of drug-likeness (QED) is 0.410. The maximum absolute atomic E-state index is 5.47. The van der Waals surface area contributed by atoms with Crippen molar-refractivity contribution in [1.82, 2.24) is 5.32 Å². The fraction of sp³-hybridized carbons (Fsp3) is 0.622. The molecule has 5 unspecified atom stereocenters. The van der Waals surface area contributed by atoms with Crippen LogP contribution >= 0.6 is 0 Å². The molecule has 1 heterocycles. The van der Waals surface area contributed by atoms with Crippen LogP contribution in [0, 0.1) is 22.7 Å². The highest BCUT2D eigenvalue weighted by atomic mass is 14.9. The van der Waals surface area contributed by atoms with Crippen LogP contribution in [-0.4, -0.2) is 19.1 Å². The Hall–Kier alpha value is -1.90. The van der Waals surface area contributed by atoms with E-state index in [1.807, 2.05) is 19.9 Å². The van der Waals surface area contributed by atoms with Crippen molar-refractivity contribution in [1.29, 1.82) is 0 Å². The van der Waals surface area contributed by atoms with E-state index in [2.05, 4.69) is 75.2 Å². The predicted molar refractivity (Wildman–Crippen MR) is 172 cm³/mol. The zero-order valence-electron chi connectivity index (χ0n) is 25.7. The molecule has 5 aliphatic rings. The summed E-state index contributed by atoms with van der Waals surface area (Å²) < 4.78 is 0. The second-order valence-corrected chi connectivity index (χ2v) is 13.0. The van der Waals surface area contributed by atoms with Gasteiger partial charge in [0.25, 0.3) is 0 Å². The van der Waals surface area contributed by atoms with Gasteiger partial charge in [-0.25, -0.2) is 0 Å². The Labute approximate surface area is 240 Å². The Morgan fingerprint density at radius 3 is 2.51 bits per heavy atom. The summed E-state index contributed by atoms with van der Waals surface area (Å²) in [5.41, 5.74) is 13.8. The summed E-state index contributed by atoms with van der Waals surface area (Å²) in [5.74, 6) is 2.32. The third-order valence-corrected chi connectivity index (χ3v) is 10.8. The van der Waals surface area contributed by atoms with E-state index in [0.29, 0.717) is 22.8 Å². The number of benzene rings is 1. The lowest BCUT2D eigenvalue weighted by Crippen LogP contribution is -2.42. The van der Waals surface area contributed by atoms with Crippen molar-refractivity contribution in [3.8, 4) is 0 Å². The molecule has 0 spiro atoms. The molecule has 1 aromatic rings. The number of nitrogens with two attached hydrogens (primary N) is 1. The molecule has 0 amide bonds. The Kier molecular flexibility index (Phi) is 10.2. The molecular weight excluding hydrogens is 472 g/mol. The minimum atomic E-state index is 0.359. The van der Waals surface area contributed by atoms with Gasteiger partial charge in [0.05, 0.1) is 0 Å². The molecule has 2 saturated carbocycles. The Bertz CT molecular complexity index is 1070. The minimum Gasteiger partial charge on any atom is -0.327 e. The Morgan fingerprint density at radius 2 is 1.85 bits per heavy atom. The van der Waals surface area contributed by atoms with Gasteiger partial charge in [0.15, 0.2) is 0 Å². The van der Waals surface area contributed by atoms with Crippen molar-refractivity contribution in [2.45, 2.75) is 111 Å². The molecule has 2 heteroatoms. The first-order chi connectivity index (χ1) is 18.9. The average Bonchev–Trinajstić information content (AvgIpc) is 3.55. The molecule has 39 heavy (non-hydrogen) atoms. The molecule has 1 aliphatic heterocycles. The molecule has 4 aliphatic carbocycles. The number of fused-ring (bicyclic) bond motifs is 4. The lowest BCUT2D eigenvalue weighted by molar-refractivity contribution is 0.0703. The van der Waals surface area contributed by atoms with E-state index in [4.69, 9.17) is 5.73 Å². The van der Waals surface area contributed by atoms with Crippen molar-refractivity contribution in [2.75, 3.05) is 13.1 Å². The second-order valence-electron chi connectivity index (χ2n) is 13.0. The Balaban J connectivity index is 0.000000385. The monoisotopic (exact) mass is 528 g/mol. The molecule has 1 saturated heterocycles. The highest BCUT2D eigenvalue weighted by molar-refractivity contribution is 5.65. The Morgan fingerprint density at radius 1 is 1.03 bits per heavy atom. The van der Waals surface area contributed by atoms with Crippen molar-refractivity contribution in [2.24, 2.45) is 28.4 Å². The van der Waals surface area contributed by atoms with E-state index in [0.717, 1.165) is 31.3 Å². The van der Waals surface area contributed by atoms with Gasteiger partial charge in [0.2, 0.25) is 0 Å². The first-order valence-electron chi connectivity index (χ1n) is 16.2. The van der Waals surface area contributed by atoms with Crippen LogP contribution in [0.25, 0.3) is 12.2 Å². The summed E-state index contributed by atoms with van der Waals surface area (Å²) in [6.45, 7) is 17.6. The highest BCUT2D eigenvalue weighted by Gasteiger charge is 2.56. The molecule has 6 atom stereocenters. The summed E-state index contributed by atoms with van der Waals surface area (Å²) in [4.78, 5) is 0. The van der Waals surface area contributed by atoms with Gasteiger partial charge >= 0.3 is 0 Å². The van der Waals surface area contributed by atoms with E-state index < -0.39 is 0 Å². The molecule has 2 nitrogen and oxygen atoms in total. The topological polar surface area (TPSA) is 38.0 Å². The normalized spacial score (nSPS) is 35.1. The maximum Gasteiger partial charge on any atom is 0.0177 e. The summed E-state index contributed by atoms with van der Waals surface area (Å²) in [7, 11) is 0. The molecule has 1 aromatic carbocycles. The number of hydrogen-bond acceptors (Lipinski definition) is 2. The van der Waals surface area contributed by atoms with E-state index in [1.54, 1.807) is 11.1 Å². The summed E-state index contributed by atoms with van der Waals surface area (Å²) in [6, 6.07) is 7.60. The standard InChI is InChI=1S/C31H40.C4H10N2.C2H6/c1-5-9-23-12-13-26(20-22(23)6-2)28-14-15-29-30(3)18-16-24-10-7-8-11-25(24)21-27(30)17-19-31(28,29)4;5-4-1-2-6-3-4;1-2/h5-6,9,12-13,17,20-21,24,28-29H,2,7-8,10-11,14-16,18-19H2,1,3-4H3;4,6H,1-3,5H2;1-2H3/b9-5-;;/t24?,28?,29?,30-,31?;;/m0../s1. The molecule has 214 valence electrons. The van der Waals surface area contributed by atoms with Crippen LogP contribution in [0.5, 0.6) is 0 Å². The zero-order chi connectivity index (χ0) is 28.0. The second kappa shape index (κ2) is 13.2. The van der Waals surface area contributed by atoms with Crippen LogP contribution in [0.2, 0.25) is 0 Å². The van der Waals surface area contributed by atoms with Crippen LogP contribution in [-0.2, 0) is 0 Å². The first kappa shape index (κ1) is 30.1. The van der Waals surface area contributed by atoms with Gasteiger partial charge in [0.1, 0.15) is 0 Å². The van der Waals surface area contributed by atoms with E-state index >= 15 is 0 Å². The summed E-state index contributed by atoms with van der Waals surface area (Å²) in [5, 5.41) is 3.15. The van der Waals surface area contributed by atoms with Gasteiger partial charge in [-0.1, -0.05) is 94.8 Å². The number of rotatable bonds is 3. The molecule has 0 bridgehead atoms. The fourth-order valence-electron chi connectivity index (χ4n) is 8.72. The van der Waals surface area contributed by atoms with Crippen LogP contribution < -0.4 is 11.1 Å². The van der Waals surface area contributed by atoms with Crippen molar-refractivity contribution >= 4 is 12.2 Å². The van der Waals surface area contributed by atoms with E-state index in [1.165, 1.54) is 74.5 Å². The van der Waals surface area contributed by atoms with Crippen LogP contribution in [0.4, 0.5) is 0 Å². The van der Waals surface area contributed by atoms with Crippen LogP contribution in [0.3, 0.4) is 0 Å². The lowest BCUT2D eigenvalue weighted by atomic mass is 9.53. The minimum absolute atomic E-state index is 0.359. The van der Waals surface area contributed by atoms with Gasteiger partial charge in [-0.05, 0) is 122 Å². The largest absolute Gasteiger partial charge is 0.327 e. The van der Waals surface area contributed by atoms with Gasteiger partial charge in [-0.2, -0.15) is 0 Å². The smallest absolute Gasteiger partial charge is 0.0177 e. The first-order valence-corrected chi connectivity index (χ1v) is 16.2. The lowest BCUT2D eigenvalue weighted by Gasteiger charge is -2.50. The summed E-state index contributed by atoms with van der Waals surface area (Å²) in [6.07, 6.45) is 25.2. The van der Waals surface area contributed by atoms with Gasteiger partial charge in [-0.3, -0.25) is 0 Å². The van der Waals surface area contributed by atoms with Crippen molar-refractivity contribution < 1.29 is 0 Å². The van der Waals surface area contributed by atoms with Gasteiger partial charge in [-0.15, -0.1) is 0 Å². The fourth-order valence-corrected chi connectivity index (χ4v) is 8.72. The molecule has 6 rings (SSSR count). The number of hydrogen-bond donors (Lipinski definition) is 2. The SMILES string of the molecule is C=Cc1cc(C2CCC3C2(C)CC=C2C=C4CCCCC4CC[C@@]23C)ccc1/C=C\C.CC.NC1CCNC1. The van der Waals surface area contributed by atoms with E-state index in [-0.39, 0.29) is 0 Å². The van der Waals surface area contributed by atoms with Gasteiger partial charge < -0.3 is 11.1 Å².